The minimum absolute atomic E-state index is 0.00676. The first-order chi connectivity index (χ1) is 61.8. The first kappa shape index (κ1) is 116. The predicted octanol–water partition coefficient (Wildman–Crippen LogP) is 1.48. The van der Waals surface area contributed by atoms with Gasteiger partial charge >= 0.3 is 5.97 Å². The monoisotopic (exact) mass is 1820 g/mol. The van der Waals surface area contributed by atoms with Gasteiger partial charge in [0.1, 0.15) is 32.0 Å². The number of carbonyl (C=O) groups excluding carboxylic acids is 7. The molecule has 6 amide bonds. The van der Waals surface area contributed by atoms with E-state index in [4.69, 9.17) is 137 Å². The van der Waals surface area contributed by atoms with Crippen LogP contribution < -0.4 is 16.0 Å². The Morgan fingerprint density at radius 2 is 0.659 bits per heavy atom. The number of hydrogen-bond donors (Lipinski definition) is 3. The van der Waals surface area contributed by atoms with Crippen molar-refractivity contribution >= 4 is 47.1 Å². The molecule has 1 aromatic rings. The summed E-state index contributed by atoms with van der Waals surface area (Å²) in [6, 6.07) is 3.10. The summed E-state index contributed by atoms with van der Waals surface area (Å²) in [5.74, 6) is -4.39. The Morgan fingerprint density at radius 1 is 0.357 bits per heavy atom. The van der Waals surface area contributed by atoms with Crippen LogP contribution in [0.2, 0.25) is 0 Å². The van der Waals surface area contributed by atoms with Crippen molar-refractivity contribution in [1.29, 1.82) is 0 Å². The molecule has 0 aliphatic carbocycles. The van der Waals surface area contributed by atoms with Gasteiger partial charge in [-0.1, -0.05) is 26.8 Å². The van der Waals surface area contributed by atoms with E-state index >= 15 is 0 Å². The fourth-order valence-corrected chi connectivity index (χ4v) is 10.3. The zero-order chi connectivity index (χ0) is 91.0. The highest BCUT2D eigenvalue weighted by atomic mass is 16.7. The molecule has 0 unspecified atom stereocenters. The van der Waals surface area contributed by atoms with Crippen LogP contribution in [0.25, 0.3) is 0 Å². The Balaban J connectivity index is 1.51. The van der Waals surface area contributed by atoms with Crippen LogP contribution in [0.15, 0.2) is 30.4 Å². The summed E-state index contributed by atoms with van der Waals surface area (Å²) in [6.07, 6.45) is 3.22. The highest BCUT2D eigenvalue weighted by molar-refractivity contribution is 6.14. The van der Waals surface area contributed by atoms with Gasteiger partial charge in [-0.05, 0) is 48.9 Å². The Hall–Kier alpha value is -5.67. The van der Waals surface area contributed by atoms with E-state index in [0.29, 0.717) is 342 Å². The lowest BCUT2D eigenvalue weighted by Gasteiger charge is -2.26. The molecule has 41 heteroatoms. The number of nitrogens with one attached hydrogen (secondary N) is 3. The fourth-order valence-electron chi connectivity index (χ4n) is 10.3. The molecule has 2 atom stereocenters. The fraction of sp³-hybridized carbons (Fsp3) is 0.824. The molecule has 1 heterocycles. The van der Waals surface area contributed by atoms with E-state index in [2.05, 4.69) is 16.0 Å². The van der Waals surface area contributed by atoms with Crippen molar-refractivity contribution in [1.82, 2.24) is 20.4 Å². The molecule has 0 bridgehead atoms. The molecule has 0 saturated heterocycles. The topological polar surface area (TPSA) is 430 Å². The number of anilines is 1. The molecule has 0 saturated carbocycles. The average Bonchev–Trinajstić information content (AvgIpc) is 1.67. The number of imide groups is 1. The minimum atomic E-state index is -1.07. The maximum Gasteiger partial charge on any atom is 0.305 e. The number of aryl methyl sites for hydroxylation is 1. The third kappa shape index (κ3) is 72.1. The van der Waals surface area contributed by atoms with E-state index in [-0.39, 0.29) is 65.1 Å². The molecule has 1 aromatic carbocycles. The van der Waals surface area contributed by atoms with E-state index in [0.717, 1.165) is 28.2 Å². The zero-order valence-corrected chi connectivity index (χ0v) is 75.8. The molecule has 1 aliphatic rings. The van der Waals surface area contributed by atoms with Crippen molar-refractivity contribution in [3.05, 3.63) is 41.5 Å². The lowest BCUT2D eigenvalue weighted by molar-refractivity contribution is -0.145. The van der Waals surface area contributed by atoms with E-state index in [9.17, 15) is 33.6 Å². The molecule has 732 valence electrons. The Bertz CT molecular complexity index is 2760. The van der Waals surface area contributed by atoms with E-state index in [1.54, 1.807) is 53.2 Å². The van der Waals surface area contributed by atoms with Gasteiger partial charge in [0, 0.05) is 64.6 Å². The van der Waals surface area contributed by atoms with Crippen LogP contribution in [-0.2, 0) is 184 Å². The molecule has 41 nitrogen and oxygen atoms in total. The lowest BCUT2D eigenvalue weighted by Crippen LogP contribution is -2.54. The van der Waals surface area contributed by atoms with Crippen LogP contribution >= 0.6 is 0 Å². The van der Waals surface area contributed by atoms with Crippen LogP contribution in [-0.4, -0.2) is 448 Å². The highest BCUT2D eigenvalue weighted by Gasteiger charge is 2.30. The molecule has 126 heavy (non-hydrogen) atoms. The zero-order valence-electron chi connectivity index (χ0n) is 75.8. The van der Waals surface area contributed by atoms with Crippen LogP contribution in [0.4, 0.5) is 5.69 Å². The number of carbonyl (C=O) groups is 7. The number of hydrogen-bond acceptors (Lipinski definition) is 36. The van der Waals surface area contributed by atoms with Crippen molar-refractivity contribution in [2.45, 2.75) is 72.1 Å². The molecule has 3 N–H and O–H groups in total. The van der Waals surface area contributed by atoms with Crippen molar-refractivity contribution in [2.75, 3.05) is 390 Å². The molecule has 0 fully saturated rings. The number of ether oxygens (including phenoxy) is 29. The maximum absolute atomic E-state index is 13.7. The van der Waals surface area contributed by atoms with Crippen LogP contribution in [0.5, 0.6) is 0 Å². The van der Waals surface area contributed by atoms with E-state index in [1.807, 2.05) is 0 Å². The summed E-state index contributed by atoms with van der Waals surface area (Å²) >= 11 is 0. The smallest absolute Gasteiger partial charge is 0.305 e. The van der Waals surface area contributed by atoms with E-state index < -0.39 is 60.0 Å². The Kier molecular flexibility index (Phi) is 81.8. The SMILES string of the molecule is CCC(=O)OCc1ccc(NC(=O)[C@H](C)NC(=O)[C@@H](NC(=O)CCN(CCOCCOCCOCCOCCOCCOCCOCCOCCOCCOCCOC)C(=O)CN2C(=O)C=CC2=O)C(C)C)cc1CCCOCCOCCOCCOCCOCCOCCOCCOCCOCCOCOCCOCCOCCOCCOCCOCCOC. The van der Waals surface area contributed by atoms with Gasteiger partial charge in [-0.25, -0.2) is 0 Å². The summed E-state index contributed by atoms with van der Waals surface area (Å²) in [5, 5.41) is 8.29. The molecule has 2 rings (SSSR count). The van der Waals surface area contributed by atoms with Gasteiger partial charge in [0.2, 0.25) is 23.6 Å². The number of esters is 1. The van der Waals surface area contributed by atoms with Crippen LogP contribution in [0.1, 0.15) is 58.1 Å². The maximum atomic E-state index is 13.7. The van der Waals surface area contributed by atoms with Gasteiger partial charge in [0.15, 0.2) is 0 Å². The minimum Gasteiger partial charge on any atom is -0.461 e. The van der Waals surface area contributed by atoms with Crippen molar-refractivity contribution in [2.24, 2.45) is 5.92 Å². The summed E-state index contributed by atoms with van der Waals surface area (Å²) in [5.41, 5.74) is 2.01. The molecule has 0 radical (unpaired) electrons. The normalized spacial score (nSPS) is 12.6. The van der Waals surface area contributed by atoms with Gasteiger partial charge in [0.25, 0.3) is 11.8 Å². The van der Waals surface area contributed by atoms with Gasteiger partial charge in [-0.15, -0.1) is 0 Å². The number of nitrogens with zero attached hydrogens (tertiary/aromatic N) is 2. The molecular formula is C85H151N5O36. The molecular weight excluding hydrogens is 1670 g/mol. The third-order valence-corrected chi connectivity index (χ3v) is 17.2. The number of methoxy groups -OCH3 is 2. The Morgan fingerprint density at radius 3 is 0.968 bits per heavy atom. The summed E-state index contributed by atoms with van der Waals surface area (Å²) in [7, 11) is 3.26. The first-order valence-electron chi connectivity index (χ1n) is 43.8. The van der Waals surface area contributed by atoms with Crippen LogP contribution in [0.3, 0.4) is 0 Å². The molecule has 0 aromatic heterocycles. The van der Waals surface area contributed by atoms with Crippen molar-refractivity contribution < 1.29 is 171 Å². The summed E-state index contributed by atoms with van der Waals surface area (Å²) < 4.78 is 159. The first-order valence-corrected chi connectivity index (χ1v) is 43.8. The second kappa shape index (κ2) is 88.6. The third-order valence-electron chi connectivity index (χ3n) is 17.2. The number of rotatable bonds is 98. The molecule has 0 spiro atoms. The second-order valence-corrected chi connectivity index (χ2v) is 27.5. The predicted molar refractivity (Wildman–Crippen MR) is 455 cm³/mol. The van der Waals surface area contributed by atoms with Crippen molar-refractivity contribution in [3.8, 4) is 0 Å². The quantitative estimate of drug-likeness (QED) is 0.0360. The van der Waals surface area contributed by atoms with Crippen molar-refractivity contribution in [3.63, 3.8) is 0 Å². The number of amides is 6. The lowest BCUT2D eigenvalue weighted by atomic mass is 10.0. The van der Waals surface area contributed by atoms with Gasteiger partial charge < -0.3 is 158 Å². The number of benzene rings is 1. The van der Waals surface area contributed by atoms with Crippen LogP contribution in [0, 0.1) is 5.92 Å². The standard InChI is InChI=1S/C85H151N5O36/c1-7-82(95)126-71-76-10-11-77(69-75(76)9-8-17-100-23-25-104-31-33-108-39-41-112-45-47-115-53-54-118-55-56-119-58-60-121-62-64-123-66-68-125-72-124-67-65-122-63-61-120-59-57-111-38-36-107-30-28-103-22-20-99-6)87-84(96)74(4)86-85(97)83(73(2)3)88-78(91)14-15-89(81(94)70-90-79(92)12-13-80(90)93)16-18-101-24-26-105-32-34-109-40-42-113-46-48-116-51-52-117-50-49-114-44-43-110-37-35-106-29-27-102-21-19-98-5/h10-13,69,73-74,83H,7-9,14-68,70-72H2,1-6H3,(H,86,97)(H,87,96)(H,88,91)/t74-,83-/m0/s1. The highest BCUT2D eigenvalue weighted by Crippen LogP contribution is 2.20. The van der Waals surface area contributed by atoms with Gasteiger partial charge in [-0.3, -0.25) is 38.5 Å². The molecule has 1 aliphatic heterocycles. The largest absolute Gasteiger partial charge is 0.461 e. The second-order valence-electron chi connectivity index (χ2n) is 27.5. The summed E-state index contributed by atoms with van der Waals surface area (Å²) in [6.45, 7) is 28.5. The van der Waals surface area contributed by atoms with E-state index in [1.165, 1.54) is 11.8 Å². The average molecular weight is 1820 g/mol. The van der Waals surface area contributed by atoms with Gasteiger partial charge in [0.05, 0.1) is 337 Å². The van der Waals surface area contributed by atoms with Gasteiger partial charge in [-0.2, -0.15) is 0 Å². The Labute approximate surface area is 744 Å². The summed E-state index contributed by atoms with van der Waals surface area (Å²) in [4.78, 5) is 93.4.